The molecule has 0 bridgehead atoms. The molecule has 2 N–H and O–H groups in total. The van der Waals surface area contributed by atoms with Gasteiger partial charge in [-0.1, -0.05) is 64.6 Å². The second kappa shape index (κ2) is 11.9. The number of H-pyrrole nitrogens is 1. The molecule has 1 aromatic carbocycles. The summed E-state index contributed by atoms with van der Waals surface area (Å²) in [7, 11) is 0. The second-order valence-corrected chi connectivity index (χ2v) is 11.3. The number of aromatic nitrogens is 4. The Labute approximate surface area is 244 Å². The second-order valence-electron chi connectivity index (χ2n) is 11.3. The molecule has 0 saturated carbocycles. The number of allylic oxidation sites excluding steroid dienone is 1. The molecule has 1 aliphatic heterocycles. The van der Waals surface area contributed by atoms with Crippen LogP contribution in [0.1, 0.15) is 91.0 Å². The number of nitrogens with zero attached hydrogens (tertiary/aromatic N) is 4. The zero-order valence-corrected chi connectivity index (χ0v) is 25.4. The maximum atomic E-state index is 10.1. The van der Waals surface area contributed by atoms with Crippen LogP contribution in [-0.2, 0) is 25.8 Å². The third kappa shape index (κ3) is 5.17. The fourth-order valence-electron chi connectivity index (χ4n) is 6.08. The van der Waals surface area contributed by atoms with Crippen LogP contribution >= 0.6 is 0 Å². The first kappa shape index (κ1) is 28.6. The highest BCUT2D eigenvalue weighted by Crippen LogP contribution is 2.38. The van der Waals surface area contributed by atoms with Crippen LogP contribution in [0.3, 0.4) is 0 Å². The topological polar surface area (TPSA) is 70.0 Å². The van der Waals surface area contributed by atoms with Crippen molar-refractivity contribution in [3.05, 3.63) is 106 Å². The van der Waals surface area contributed by atoms with Crippen LogP contribution in [0.5, 0.6) is 0 Å². The molecule has 41 heavy (non-hydrogen) atoms. The molecular weight excluding hydrogens is 506 g/mol. The van der Waals surface area contributed by atoms with Crippen molar-refractivity contribution in [1.29, 1.82) is 0 Å². The van der Waals surface area contributed by atoms with Gasteiger partial charge in [0, 0.05) is 48.6 Å². The van der Waals surface area contributed by atoms with E-state index in [9.17, 15) is 5.11 Å². The van der Waals surface area contributed by atoms with Gasteiger partial charge in [0.15, 0.2) is 0 Å². The van der Waals surface area contributed by atoms with Crippen LogP contribution in [0.25, 0.3) is 16.8 Å². The van der Waals surface area contributed by atoms with Crippen LogP contribution in [0.15, 0.2) is 55.4 Å². The molecule has 6 nitrogen and oxygen atoms in total. The highest BCUT2D eigenvalue weighted by atomic mass is 16.3. The number of aliphatic hydroxyl groups excluding tert-OH is 1. The van der Waals surface area contributed by atoms with Crippen LogP contribution < -0.4 is 4.90 Å². The van der Waals surface area contributed by atoms with Crippen molar-refractivity contribution in [2.75, 3.05) is 18.1 Å². The van der Waals surface area contributed by atoms with Crippen molar-refractivity contribution in [3.63, 3.8) is 0 Å². The predicted molar refractivity (Wildman–Crippen MR) is 170 cm³/mol. The van der Waals surface area contributed by atoms with Gasteiger partial charge in [0.05, 0.1) is 29.4 Å². The number of aromatic amines is 1. The Kier molecular flexibility index (Phi) is 8.32. The Morgan fingerprint density at radius 2 is 1.90 bits per heavy atom. The van der Waals surface area contributed by atoms with Gasteiger partial charge in [-0.25, -0.2) is 9.67 Å². The average Bonchev–Trinajstić information content (AvgIpc) is 3.62. The summed E-state index contributed by atoms with van der Waals surface area (Å²) < 4.78 is 2.17. The molecule has 5 rings (SSSR count). The van der Waals surface area contributed by atoms with Crippen LogP contribution in [0.2, 0.25) is 0 Å². The summed E-state index contributed by atoms with van der Waals surface area (Å²) in [6.45, 7) is 19.2. The van der Waals surface area contributed by atoms with E-state index in [1.165, 1.54) is 27.8 Å². The van der Waals surface area contributed by atoms with E-state index in [2.05, 4.69) is 86.1 Å². The zero-order valence-electron chi connectivity index (χ0n) is 25.4. The van der Waals surface area contributed by atoms with Crippen molar-refractivity contribution in [3.8, 4) is 5.69 Å². The number of aliphatic hydroxyl groups is 1. The monoisotopic (exact) mass is 549 g/mol. The van der Waals surface area contributed by atoms with E-state index in [4.69, 9.17) is 10.1 Å². The van der Waals surface area contributed by atoms with Crippen molar-refractivity contribution in [2.45, 2.75) is 73.3 Å². The molecule has 4 aromatic rings. The van der Waals surface area contributed by atoms with Crippen molar-refractivity contribution in [1.82, 2.24) is 19.7 Å². The summed E-state index contributed by atoms with van der Waals surface area (Å²) in [5.41, 5.74) is 13.1. The molecule has 0 amide bonds. The van der Waals surface area contributed by atoms with Crippen LogP contribution in [0.4, 0.5) is 5.82 Å². The number of fused-ring (bicyclic) bond motifs is 1. The molecule has 0 aliphatic carbocycles. The molecule has 0 unspecified atom stereocenters. The zero-order chi connectivity index (χ0) is 29.3. The summed E-state index contributed by atoms with van der Waals surface area (Å²) in [4.78, 5) is 10.7. The first-order chi connectivity index (χ1) is 19.8. The number of hydrogen-bond donors (Lipinski definition) is 2. The molecule has 6 heteroatoms. The molecule has 0 atom stereocenters. The Hall–Kier alpha value is -3.90. The molecule has 1 aliphatic rings. The molecular formula is C35H43N5O. The summed E-state index contributed by atoms with van der Waals surface area (Å²) in [5.74, 6) is 1.48. The fourth-order valence-corrected chi connectivity index (χ4v) is 6.08. The van der Waals surface area contributed by atoms with E-state index < -0.39 is 0 Å². The van der Waals surface area contributed by atoms with Gasteiger partial charge in [-0.05, 0) is 66.5 Å². The Morgan fingerprint density at radius 1 is 1.17 bits per heavy atom. The summed E-state index contributed by atoms with van der Waals surface area (Å²) >= 11 is 0. The van der Waals surface area contributed by atoms with Gasteiger partial charge in [-0.15, -0.1) is 0 Å². The van der Waals surface area contributed by atoms with Crippen molar-refractivity contribution < 1.29 is 5.11 Å². The number of pyridine rings is 1. The summed E-state index contributed by atoms with van der Waals surface area (Å²) in [6, 6.07) is 10.9. The predicted octanol–water partition coefficient (Wildman–Crippen LogP) is 7.17. The van der Waals surface area contributed by atoms with E-state index in [1.807, 2.05) is 25.4 Å². The molecule has 214 valence electrons. The minimum Gasteiger partial charge on any atom is -0.392 e. The Bertz CT molecular complexity index is 1580. The molecule has 0 fully saturated rings. The number of nitrogens with one attached hydrogen (secondary N) is 1. The lowest BCUT2D eigenvalue weighted by Crippen LogP contribution is -2.31. The molecule has 3 aromatic heterocycles. The first-order valence-electron chi connectivity index (χ1n) is 14.9. The third-order valence-electron chi connectivity index (χ3n) is 8.45. The van der Waals surface area contributed by atoms with Gasteiger partial charge >= 0.3 is 0 Å². The summed E-state index contributed by atoms with van der Waals surface area (Å²) in [6.07, 6.45) is 8.57. The molecule has 0 saturated heterocycles. The Balaban J connectivity index is 1.70. The normalized spacial score (nSPS) is 13.7. The van der Waals surface area contributed by atoms with E-state index >= 15 is 0 Å². The van der Waals surface area contributed by atoms with Gasteiger partial charge in [0.25, 0.3) is 0 Å². The molecule has 0 spiro atoms. The largest absolute Gasteiger partial charge is 0.392 e. The fraction of sp³-hybridized carbons (Fsp3) is 0.371. The lowest BCUT2D eigenvalue weighted by molar-refractivity contribution is 0.349. The number of anilines is 1. The van der Waals surface area contributed by atoms with Crippen molar-refractivity contribution in [2.24, 2.45) is 0 Å². The maximum Gasteiger partial charge on any atom is 0.131 e. The van der Waals surface area contributed by atoms with Crippen molar-refractivity contribution >= 4 is 17.0 Å². The van der Waals surface area contributed by atoms with E-state index in [1.54, 1.807) is 0 Å². The number of benzene rings is 1. The van der Waals surface area contributed by atoms with Gasteiger partial charge in [0.1, 0.15) is 5.82 Å². The quantitative estimate of drug-likeness (QED) is 0.232. The smallest absolute Gasteiger partial charge is 0.131 e. The standard InChI is InChI=1S/C35H43N5O/c1-8-25-12-11-13-26(9-2)34(25)40-33(24(7)29-14-16-36-32(29)27(10-3)21-41)30-20-39(17-15-31(30)38-40)35-23(6)18-28(19-37-35)22(4)5/h10-14,16,18-19,22,36,41H,7-9,15,17,20-21H2,1-6H3/b27-10-. The van der Waals surface area contributed by atoms with Crippen LogP contribution in [0, 0.1) is 6.92 Å². The van der Waals surface area contributed by atoms with E-state index in [0.29, 0.717) is 12.5 Å². The number of rotatable bonds is 9. The highest BCUT2D eigenvalue weighted by Gasteiger charge is 2.30. The van der Waals surface area contributed by atoms with Gasteiger partial charge in [-0.3, -0.25) is 0 Å². The molecule has 0 radical (unpaired) electrons. The minimum absolute atomic E-state index is 0.0432. The van der Waals surface area contributed by atoms with Gasteiger partial charge in [0.2, 0.25) is 0 Å². The number of hydrogen-bond acceptors (Lipinski definition) is 4. The number of para-hydroxylation sites is 1. The van der Waals surface area contributed by atoms with E-state index in [0.717, 1.165) is 71.1 Å². The third-order valence-corrected chi connectivity index (χ3v) is 8.45. The SMILES string of the molecule is C=C(c1cc[nH]c1/C(=C\C)CO)c1c2c(nn1-c1c(CC)cccc1CC)CCN(c1ncc(C(C)C)cc1C)C2. The maximum absolute atomic E-state index is 10.1. The first-order valence-corrected chi connectivity index (χ1v) is 14.9. The lowest BCUT2D eigenvalue weighted by Gasteiger charge is -2.30. The molecule has 4 heterocycles. The van der Waals surface area contributed by atoms with E-state index in [-0.39, 0.29) is 6.61 Å². The van der Waals surface area contributed by atoms with Crippen LogP contribution in [-0.4, -0.2) is 38.0 Å². The summed E-state index contributed by atoms with van der Waals surface area (Å²) in [5, 5.41) is 15.4. The average molecular weight is 550 g/mol. The van der Waals surface area contributed by atoms with Gasteiger partial charge in [-0.2, -0.15) is 5.10 Å². The lowest BCUT2D eigenvalue weighted by atomic mass is 9.94. The highest BCUT2D eigenvalue weighted by molar-refractivity contribution is 5.86. The number of aryl methyl sites for hydroxylation is 3. The minimum atomic E-state index is -0.0432. The van der Waals surface area contributed by atoms with Gasteiger partial charge < -0.3 is 15.0 Å². The Morgan fingerprint density at radius 3 is 2.51 bits per heavy atom.